The van der Waals surface area contributed by atoms with E-state index in [1.54, 1.807) is 48.5 Å². The second-order valence-electron chi connectivity index (χ2n) is 8.11. The Hall–Kier alpha value is -3.81. The Morgan fingerprint density at radius 2 is 1.68 bits per heavy atom. The van der Waals surface area contributed by atoms with Crippen molar-refractivity contribution in [1.29, 1.82) is 0 Å². The van der Waals surface area contributed by atoms with Crippen molar-refractivity contribution >= 4 is 62.6 Å². The quantitative estimate of drug-likeness (QED) is 0.247. The highest BCUT2D eigenvalue weighted by Crippen LogP contribution is 2.36. The number of hydrazone groups is 1. The molecular formula is C25H21Cl2F3N4O5S. The number of nitrogens with zero attached hydrogens (tertiary/aromatic N) is 2. The topological polar surface area (TPSA) is 117 Å². The number of sulfonamides is 1. The van der Waals surface area contributed by atoms with Gasteiger partial charge in [0, 0.05) is 0 Å². The van der Waals surface area contributed by atoms with Crippen LogP contribution in [0.4, 0.5) is 24.5 Å². The van der Waals surface area contributed by atoms with E-state index in [9.17, 15) is 31.2 Å². The van der Waals surface area contributed by atoms with Crippen LogP contribution in [0.25, 0.3) is 0 Å². The number of amides is 2. The Kier molecular flexibility index (Phi) is 10.0. The van der Waals surface area contributed by atoms with Crippen molar-refractivity contribution in [2.45, 2.75) is 6.18 Å². The standard InChI is InChI=1S/C25H21Cl2F3N4O5S/c1-40(37,38)34(22-12-17(25(28,29)30)8-11-20(22)27)14-23(35)33-31-13-16-6-9-18(10-7-16)39-15-24(36)32-21-5-3-2-4-19(21)26/h2-13H,14-15H2,1H3,(H,32,36)(H,33,35)/b31-13-. The van der Waals surface area contributed by atoms with Crippen LogP contribution in [0.5, 0.6) is 5.75 Å². The Morgan fingerprint density at radius 3 is 2.30 bits per heavy atom. The lowest BCUT2D eigenvalue weighted by atomic mass is 10.2. The molecule has 0 atom stereocenters. The molecule has 0 saturated heterocycles. The molecule has 2 N–H and O–H groups in total. The smallest absolute Gasteiger partial charge is 0.416 e. The van der Waals surface area contributed by atoms with E-state index in [-0.39, 0.29) is 11.6 Å². The van der Waals surface area contributed by atoms with Crippen molar-refractivity contribution in [2.24, 2.45) is 5.10 Å². The van der Waals surface area contributed by atoms with Crippen molar-refractivity contribution in [3.05, 3.63) is 87.9 Å². The van der Waals surface area contributed by atoms with Crippen molar-refractivity contribution < 1.29 is 35.9 Å². The van der Waals surface area contributed by atoms with Gasteiger partial charge in [0.25, 0.3) is 11.8 Å². The molecule has 3 aromatic carbocycles. The molecule has 0 aliphatic rings. The summed E-state index contributed by atoms with van der Waals surface area (Å²) in [4.78, 5) is 24.4. The Bertz CT molecular complexity index is 1520. The number of hydrogen-bond acceptors (Lipinski definition) is 6. The van der Waals surface area contributed by atoms with Crippen LogP contribution in [0.1, 0.15) is 11.1 Å². The monoisotopic (exact) mass is 616 g/mol. The molecule has 0 aromatic heterocycles. The van der Waals surface area contributed by atoms with Crippen LogP contribution in [0.3, 0.4) is 0 Å². The van der Waals surface area contributed by atoms with E-state index >= 15 is 0 Å². The summed E-state index contributed by atoms with van der Waals surface area (Å²) in [5.41, 5.74) is 1.43. The maximum absolute atomic E-state index is 13.1. The summed E-state index contributed by atoms with van der Waals surface area (Å²) in [7, 11) is -4.19. The van der Waals surface area contributed by atoms with Crippen molar-refractivity contribution in [3.63, 3.8) is 0 Å². The molecule has 212 valence electrons. The van der Waals surface area contributed by atoms with Crippen molar-refractivity contribution in [2.75, 3.05) is 29.0 Å². The van der Waals surface area contributed by atoms with E-state index in [0.717, 1.165) is 12.3 Å². The van der Waals surface area contributed by atoms with Crippen LogP contribution in [0.15, 0.2) is 71.8 Å². The molecule has 3 aromatic rings. The molecule has 2 amide bonds. The maximum Gasteiger partial charge on any atom is 0.416 e. The fourth-order valence-electron chi connectivity index (χ4n) is 3.15. The van der Waals surface area contributed by atoms with Gasteiger partial charge in [-0.2, -0.15) is 18.3 Å². The lowest BCUT2D eigenvalue weighted by Gasteiger charge is -2.23. The highest BCUT2D eigenvalue weighted by atomic mass is 35.5. The molecule has 15 heteroatoms. The number of carbonyl (C=O) groups excluding carboxylic acids is 2. The van der Waals surface area contributed by atoms with Gasteiger partial charge in [-0.1, -0.05) is 35.3 Å². The summed E-state index contributed by atoms with van der Waals surface area (Å²) < 4.78 is 69.7. The first-order valence-electron chi connectivity index (χ1n) is 11.2. The Morgan fingerprint density at radius 1 is 1.00 bits per heavy atom. The molecule has 9 nitrogen and oxygen atoms in total. The predicted molar refractivity (Wildman–Crippen MR) is 146 cm³/mol. The minimum atomic E-state index is -4.75. The molecule has 0 aliphatic heterocycles. The predicted octanol–water partition coefficient (Wildman–Crippen LogP) is 4.95. The van der Waals surface area contributed by atoms with Crippen LogP contribution in [-0.4, -0.2) is 45.9 Å². The second-order valence-corrected chi connectivity index (χ2v) is 10.8. The molecular weight excluding hydrogens is 596 g/mol. The van der Waals surface area contributed by atoms with E-state index in [1.165, 1.54) is 6.21 Å². The van der Waals surface area contributed by atoms with Crippen LogP contribution in [-0.2, 0) is 25.8 Å². The van der Waals surface area contributed by atoms with E-state index in [0.29, 0.717) is 38.5 Å². The van der Waals surface area contributed by atoms with Crippen molar-refractivity contribution in [1.82, 2.24) is 5.43 Å². The lowest BCUT2D eigenvalue weighted by Crippen LogP contribution is -2.39. The Labute approximate surface area is 237 Å². The number of alkyl halides is 3. The largest absolute Gasteiger partial charge is 0.484 e. The molecule has 0 spiro atoms. The molecule has 0 saturated carbocycles. The number of hydrogen-bond donors (Lipinski definition) is 2. The number of nitrogens with one attached hydrogen (secondary N) is 2. The normalized spacial score (nSPS) is 11.8. The summed E-state index contributed by atoms with van der Waals surface area (Å²) in [6, 6.07) is 15.1. The summed E-state index contributed by atoms with van der Waals surface area (Å²) in [6.45, 7) is -1.15. The summed E-state index contributed by atoms with van der Waals surface area (Å²) in [5, 5.41) is 6.44. The Balaban J connectivity index is 1.57. The van der Waals surface area contributed by atoms with Crippen LogP contribution >= 0.6 is 23.2 Å². The molecule has 0 fully saturated rings. The van der Waals surface area contributed by atoms with Gasteiger partial charge in [-0.15, -0.1) is 0 Å². The first-order chi connectivity index (χ1) is 18.7. The zero-order chi connectivity index (χ0) is 29.5. The average molecular weight is 617 g/mol. The minimum Gasteiger partial charge on any atom is -0.484 e. The average Bonchev–Trinajstić information content (AvgIpc) is 2.87. The maximum atomic E-state index is 13.1. The van der Waals surface area contributed by atoms with Crippen LogP contribution in [0.2, 0.25) is 10.0 Å². The third kappa shape index (κ3) is 8.86. The van der Waals surface area contributed by atoms with Gasteiger partial charge in [0.2, 0.25) is 10.0 Å². The second kappa shape index (κ2) is 13.0. The van der Waals surface area contributed by atoms with Crippen LogP contribution < -0.4 is 19.8 Å². The van der Waals surface area contributed by atoms with Gasteiger partial charge in [0.05, 0.1) is 39.5 Å². The van der Waals surface area contributed by atoms with Gasteiger partial charge in [0.1, 0.15) is 12.3 Å². The highest BCUT2D eigenvalue weighted by Gasteiger charge is 2.33. The van der Waals surface area contributed by atoms with E-state index in [2.05, 4.69) is 15.8 Å². The lowest BCUT2D eigenvalue weighted by molar-refractivity contribution is -0.137. The van der Waals surface area contributed by atoms with E-state index in [1.807, 2.05) is 0 Å². The van der Waals surface area contributed by atoms with Gasteiger partial charge in [-0.05, 0) is 60.2 Å². The van der Waals surface area contributed by atoms with Gasteiger partial charge in [-0.25, -0.2) is 13.8 Å². The molecule has 0 aliphatic carbocycles. The molecule has 0 radical (unpaired) electrons. The fraction of sp³-hybridized carbons (Fsp3) is 0.160. The number of ether oxygens (including phenoxy) is 1. The third-order valence-electron chi connectivity index (χ3n) is 5.03. The number of benzene rings is 3. The van der Waals surface area contributed by atoms with Gasteiger partial charge < -0.3 is 10.1 Å². The third-order valence-corrected chi connectivity index (χ3v) is 6.81. The molecule has 0 unspecified atom stereocenters. The summed E-state index contributed by atoms with van der Waals surface area (Å²) in [6.07, 6.45) is -2.78. The fourth-order valence-corrected chi connectivity index (χ4v) is 4.47. The first-order valence-corrected chi connectivity index (χ1v) is 13.8. The van der Waals surface area contributed by atoms with Crippen molar-refractivity contribution in [3.8, 4) is 5.75 Å². The number of halogens is 5. The first kappa shape index (κ1) is 30.7. The molecule has 3 rings (SSSR count). The summed E-state index contributed by atoms with van der Waals surface area (Å²) in [5.74, 6) is -0.979. The zero-order valence-electron chi connectivity index (χ0n) is 20.6. The van der Waals surface area contributed by atoms with E-state index < -0.39 is 45.8 Å². The minimum absolute atomic E-state index is 0.276. The van der Waals surface area contributed by atoms with Crippen LogP contribution in [0, 0.1) is 0 Å². The molecule has 0 bridgehead atoms. The molecule has 40 heavy (non-hydrogen) atoms. The van der Waals surface area contributed by atoms with Gasteiger partial charge in [0.15, 0.2) is 6.61 Å². The number of carbonyl (C=O) groups is 2. The number of rotatable bonds is 10. The van der Waals surface area contributed by atoms with Gasteiger partial charge in [-0.3, -0.25) is 13.9 Å². The van der Waals surface area contributed by atoms with E-state index in [4.69, 9.17) is 27.9 Å². The number of para-hydroxylation sites is 1. The van der Waals surface area contributed by atoms with Gasteiger partial charge >= 0.3 is 6.18 Å². The summed E-state index contributed by atoms with van der Waals surface area (Å²) >= 11 is 11.9. The molecule has 0 heterocycles. The zero-order valence-corrected chi connectivity index (χ0v) is 22.9. The highest BCUT2D eigenvalue weighted by molar-refractivity contribution is 7.92. The number of anilines is 2. The SMILES string of the molecule is CS(=O)(=O)N(CC(=O)N/N=C\c1ccc(OCC(=O)Nc2ccccc2Cl)cc1)c1cc(C(F)(F)F)ccc1Cl.